The summed E-state index contributed by atoms with van der Waals surface area (Å²) in [7, 11) is 1.62. The Morgan fingerprint density at radius 2 is 1.63 bits per heavy atom. The van der Waals surface area contributed by atoms with E-state index in [2.05, 4.69) is 5.32 Å². The number of carbonyl (C=O) groups is 2. The van der Waals surface area contributed by atoms with Crippen LogP contribution in [0.4, 0.5) is 0 Å². The second-order valence-electron chi connectivity index (χ2n) is 5.90. The molecule has 27 heavy (non-hydrogen) atoms. The maximum Gasteiger partial charge on any atom is 0.338 e. The van der Waals surface area contributed by atoms with E-state index in [1.165, 1.54) is 0 Å². The SMILES string of the molecule is CCCOc1ccc(C(=O)OCC(=O)NCCc2ccc(OC)cc2)cc1. The van der Waals surface area contributed by atoms with Gasteiger partial charge in [0.1, 0.15) is 11.5 Å². The predicted molar refractivity (Wildman–Crippen MR) is 102 cm³/mol. The van der Waals surface area contributed by atoms with Crippen LogP contribution in [0.15, 0.2) is 48.5 Å². The lowest BCUT2D eigenvalue weighted by Gasteiger charge is -2.08. The van der Waals surface area contributed by atoms with E-state index in [9.17, 15) is 9.59 Å². The number of rotatable bonds is 10. The Morgan fingerprint density at radius 1 is 0.963 bits per heavy atom. The summed E-state index contributed by atoms with van der Waals surface area (Å²) in [5.41, 5.74) is 1.46. The molecule has 2 aromatic rings. The van der Waals surface area contributed by atoms with Gasteiger partial charge in [-0.25, -0.2) is 4.79 Å². The summed E-state index contributed by atoms with van der Waals surface area (Å²) in [4.78, 5) is 23.8. The highest BCUT2D eigenvalue weighted by atomic mass is 16.5. The molecule has 6 heteroatoms. The van der Waals surface area contributed by atoms with Gasteiger partial charge < -0.3 is 19.5 Å². The van der Waals surface area contributed by atoms with Crippen molar-refractivity contribution in [1.29, 1.82) is 0 Å². The van der Waals surface area contributed by atoms with Crippen LogP contribution >= 0.6 is 0 Å². The molecule has 0 bridgehead atoms. The first-order valence-corrected chi connectivity index (χ1v) is 8.92. The van der Waals surface area contributed by atoms with Crippen molar-refractivity contribution in [2.24, 2.45) is 0 Å². The van der Waals surface area contributed by atoms with Crippen LogP contribution in [0.1, 0.15) is 29.3 Å². The third-order valence-electron chi connectivity index (χ3n) is 3.79. The zero-order valence-electron chi connectivity index (χ0n) is 15.7. The lowest BCUT2D eigenvalue weighted by molar-refractivity contribution is -0.124. The first-order valence-electron chi connectivity index (χ1n) is 8.92. The van der Waals surface area contributed by atoms with Crippen LogP contribution < -0.4 is 14.8 Å². The first kappa shape index (κ1) is 20.3. The largest absolute Gasteiger partial charge is 0.497 e. The molecule has 6 nitrogen and oxygen atoms in total. The smallest absolute Gasteiger partial charge is 0.338 e. The van der Waals surface area contributed by atoms with Crippen LogP contribution in [-0.4, -0.2) is 38.7 Å². The molecule has 0 atom stereocenters. The number of carbonyl (C=O) groups excluding carboxylic acids is 2. The first-order chi connectivity index (χ1) is 13.1. The molecule has 0 radical (unpaired) electrons. The van der Waals surface area contributed by atoms with Crippen LogP contribution in [-0.2, 0) is 16.0 Å². The summed E-state index contributed by atoms with van der Waals surface area (Å²) >= 11 is 0. The molecule has 0 aliphatic heterocycles. The second kappa shape index (κ2) is 10.9. The fourth-order valence-corrected chi connectivity index (χ4v) is 2.31. The molecular formula is C21H25NO5. The van der Waals surface area contributed by atoms with Gasteiger partial charge in [0.15, 0.2) is 6.61 Å². The molecule has 0 aliphatic rings. The van der Waals surface area contributed by atoms with Crippen molar-refractivity contribution >= 4 is 11.9 Å². The number of ether oxygens (including phenoxy) is 3. The van der Waals surface area contributed by atoms with E-state index >= 15 is 0 Å². The van der Waals surface area contributed by atoms with Gasteiger partial charge in [-0.1, -0.05) is 19.1 Å². The summed E-state index contributed by atoms with van der Waals surface area (Å²) in [5.74, 6) is 0.617. The highest BCUT2D eigenvalue weighted by molar-refractivity contribution is 5.91. The number of benzene rings is 2. The third-order valence-corrected chi connectivity index (χ3v) is 3.79. The molecule has 144 valence electrons. The molecule has 0 fully saturated rings. The molecule has 0 aliphatic carbocycles. The molecule has 0 spiro atoms. The van der Waals surface area contributed by atoms with Gasteiger partial charge in [-0.2, -0.15) is 0 Å². The Bertz CT molecular complexity index is 725. The molecule has 2 rings (SSSR count). The van der Waals surface area contributed by atoms with Gasteiger partial charge in [-0.15, -0.1) is 0 Å². The number of hydrogen-bond acceptors (Lipinski definition) is 5. The van der Waals surface area contributed by atoms with Gasteiger partial charge in [-0.05, 0) is 54.8 Å². The highest BCUT2D eigenvalue weighted by Crippen LogP contribution is 2.13. The van der Waals surface area contributed by atoms with Crippen molar-refractivity contribution in [2.75, 3.05) is 26.9 Å². The van der Waals surface area contributed by atoms with E-state index < -0.39 is 5.97 Å². The minimum absolute atomic E-state index is 0.310. The minimum atomic E-state index is -0.539. The Morgan fingerprint density at radius 3 is 2.26 bits per heavy atom. The second-order valence-corrected chi connectivity index (χ2v) is 5.90. The lowest BCUT2D eigenvalue weighted by Crippen LogP contribution is -2.30. The third kappa shape index (κ3) is 7.01. The number of esters is 1. The van der Waals surface area contributed by atoms with Crippen molar-refractivity contribution in [1.82, 2.24) is 5.32 Å². The van der Waals surface area contributed by atoms with Gasteiger partial charge >= 0.3 is 5.97 Å². The van der Waals surface area contributed by atoms with E-state index in [1.807, 2.05) is 31.2 Å². The van der Waals surface area contributed by atoms with Gasteiger partial charge in [0.2, 0.25) is 0 Å². The average Bonchev–Trinajstić information content (AvgIpc) is 2.71. The minimum Gasteiger partial charge on any atom is -0.497 e. The number of hydrogen-bond donors (Lipinski definition) is 1. The van der Waals surface area contributed by atoms with Crippen molar-refractivity contribution in [3.05, 3.63) is 59.7 Å². The Kier molecular flexibility index (Phi) is 8.16. The van der Waals surface area contributed by atoms with Gasteiger partial charge in [0.05, 0.1) is 19.3 Å². The number of methoxy groups -OCH3 is 1. The van der Waals surface area contributed by atoms with Crippen LogP contribution in [0.3, 0.4) is 0 Å². The molecule has 0 saturated carbocycles. The Labute approximate surface area is 159 Å². The van der Waals surface area contributed by atoms with E-state index in [-0.39, 0.29) is 12.5 Å². The highest BCUT2D eigenvalue weighted by Gasteiger charge is 2.10. The summed E-state index contributed by atoms with van der Waals surface area (Å²) in [5, 5.41) is 2.73. The van der Waals surface area contributed by atoms with E-state index in [1.54, 1.807) is 31.4 Å². The Hall–Kier alpha value is -3.02. The predicted octanol–water partition coefficient (Wildman–Crippen LogP) is 3.00. The molecule has 0 aromatic heterocycles. The molecule has 0 unspecified atom stereocenters. The van der Waals surface area contributed by atoms with Crippen molar-refractivity contribution in [2.45, 2.75) is 19.8 Å². The molecule has 1 N–H and O–H groups in total. The molecular weight excluding hydrogens is 346 g/mol. The molecule has 2 aromatic carbocycles. The fraction of sp³-hybridized carbons (Fsp3) is 0.333. The van der Waals surface area contributed by atoms with Crippen molar-refractivity contribution in [3.63, 3.8) is 0 Å². The summed E-state index contributed by atoms with van der Waals surface area (Å²) in [6, 6.07) is 14.3. The quantitative estimate of drug-likeness (QED) is 0.650. The maximum absolute atomic E-state index is 12.0. The van der Waals surface area contributed by atoms with E-state index in [4.69, 9.17) is 14.2 Å². The average molecular weight is 371 g/mol. The summed E-state index contributed by atoms with van der Waals surface area (Å²) < 4.78 is 15.6. The fourth-order valence-electron chi connectivity index (χ4n) is 2.31. The zero-order chi connectivity index (χ0) is 19.5. The van der Waals surface area contributed by atoms with E-state index in [0.717, 1.165) is 17.7 Å². The molecule has 1 amide bonds. The Balaban J connectivity index is 1.68. The summed E-state index contributed by atoms with van der Waals surface area (Å²) in [6.07, 6.45) is 1.60. The summed E-state index contributed by atoms with van der Waals surface area (Å²) in [6.45, 7) is 2.80. The molecule has 0 saturated heterocycles. The van der Waals surface area contributed by atoms with Crippen LogP contribution in [0, 0.1) is 0 Å². The topological polar surface area (TPSA) is 73.9 Å². The zero-order valence-corrected chi connectivity index (χ0v) is 15.7. The lowest BCUT2D eigenvalue weighted by atomic mass is 10.1. The monoisotopic (exact) mass is 371 g/mol. The standard InChI is InChI=1S/C21H25NO5/c1-3-14-26-19-10-6-17(7-11-19)21(24)27-15-20(23)22-13-12-16-4-8-18(25-2)9-5-16/h4-11H,3,12-15H2,1-2H3,(H,22,23). The van der Waals surface area contributed by atoms with Gasteiger partial charge in [-0.3, -0.25) is 4.79 Å². The van der Waals surface area contributed by atoms with Crippen molar-refractivity contribution in [3.8, 4) is 11.5 Å². The van der Waals surface area contributed by atoms with Crippen molar-refractivity contribution < 1.29 is 23.8 Å². The molecule has 0 heterocycles. The van der Waals surface area contributed by atoms with Gasteiger partial charge in [0.25, 0.3) is 5.91 Å². The maximum atomic E-state index is 12.0. The van der Waals surface area contributed by atoms with Crippen LogP contribution in [0.5, 0.6) is 11.5 Å². The number of nitrogens with one attached hydrogen (secondary N) is 1. The van der Waals surface area contributed by atoms with E-state index in [0.29, 0.717) is 30.9 Å². The normalized spacial score (nSPS) is 10.1. The van der Waals surface area contributed by atoms with Crippen LogP contribution in [0.25, 0.3) is 0 Å². The van der Waals surface area contributed by atoms with Crippen LogP contribution in [0.2, 0.25) is 0 Å². The number of amides is 1. The van der Waals surface area contributed by atoms with Gasteiger partial charge in [0, 0.05) is 6.54 Å².